The highest BCUT2D eigenvalue weighted by atomic mass is 32.2. The van der Waals surface area contributed by atoms with Crippen molar-refractivity contribution < 1.29 is 8.42 Å². The summed E-state index contributed by atoms with van der Waals surface area (Å²) in [6, 6.07) is 6.84. The van der Waals surface area contributed by atoms with Gasteiger partial charge in [0.25, 0.3) is 0 Å². The Morgan fingerprint density at radius 3 is 2.58 bits per heavy atom. The molecular formula is C11H15N5O2S. The van der Waals surface area contributed by atoms with Gasteiger partial charge in [0.1, 0.15) is 0 Å². The van der Waals surface area contributed by atoms with Crippen molar-refractivity contribution in [3.8, 4) is 0 Å². The molecule has 0 bridgehead atoms. The molecule has 2 rings (SSSR count). The number of hydrogen-bond donors (Lipinski definition) is 2. The second-order valence-electron chi connectivity index (χ2n) is 3.97. The number of tetrazole rings is 1. The number of hydrogen-bond acceptors (Lipinski definition) is 5. The van der Waals surface area contributed by atoms with Gasteiger partial charge in [0.05, 0.1) is 4.90 Å². The van der Waals surface area contributed by atoms with Gasteiger partial charge >= 0.3 is 0 Å². The lowest BCUT2D eigenvalue weighted by Crippen LogP contribution is -2.26. The first kappa shape index (κ1) is 13.6. The van der Waals surface area contributed by atoms with E-state index in [1.165, 1.54) is 0 Å². The number of nitrogens with one attached hydrogen (secondary N) is 2. The van der Waals surface area contributed by atoms with Crippen molar-refractivity contribution >= 4 is 10.0 Å². The lowest BCUT2D eigenvalue weighted by molar-refractivity contribution is 0.581. The molecular weight excluding hydrogens is 266 g/mol. The van der Waals surface area contributed by atoms with Gasteiger partial charge in [0.2, 0.25) is 10.0 Å². The van der Waals surface area contributed by atoms with Crippen LogP contribution in [0.4, 0.5) is 0 Å². The second-order valence-corrected chi connectivity index (χ2v) is 5.74. The van der Waals surface area contributed by atoms with Gasteiger partial charge in [-0.25, -0.2) is 13.1 Å². The van der Waals surface area contributed by atoms with E-state index in [1.807, 2.05) is 19.1 Å². The van der Waals surface area contributed by atoms with Crippen molar-refractivity contribution in [1.29, 1.82) is 0 Å². The van der Waals surface area contributed by atoms with Crippen LogP contribution >= 0.6 is 0 Å². The summed E-state index contributed by atoms with van der Waals surface area (Å²) in [6.07, 6.45) is 1.27. The third-order valence-corrected chi connectivity index (χ3v) is 4.15. The van der Waals surface area contributed by atoms with Crippen molar-refractivity contribution in [2.45, 2.75) is 24.7 Å². The van der Waals surface area contributed by atoms with Gasteiger partial charge in [-0.05, 0) is 24.1 Å². The van der Waals surface area contributed by atoms with E-state index >= 15 is 0 Å². The summed E-state index contributed by atoms with van der Waals surface area (Å²) in [7, 11) is -3.47. The molecule has 7 nitrogen and oxygen atoms in total. The molecule has 0 fully saturated rings. The van der Waals surface area contributed by atoms with Crippen molar-refractivity contribution in [3.63, 3.8) is 0 Å². The van der Waals surface area contributed by atoms with E-state index in [4.69, 9.17) is 0 Å². The van der Waals surface area contributed by atoms with Crippen LogP contribution < -0.4 is 4.72 Å². The van der Waals surface area contributed by atoms with Crippen LogP contribution in [0, 0.1) is 0 Å². The van der Waals surface area contributed by atoms with Crippen LogP contribution in [0.25, 0.3) is 0 Å². The Hall–Kier alpha value is -1.80. The average molecular weight is 281 g/mol. The summed E-state index contributed by atoms with van der Waals surface area (Å²) in [4.78, 5) is 0.262. The van der Waals surface area contributed by atoms with E-state index in [2.05, 4.69) is 25.3 Å². The number of rotatable bonds is 6. The molecule has 2 N–H and O–H groups in total. The van der Waals surface area contributed by atoms with Gasteiger partial charge in [-0.3, -0.25) is 0 Å². The van der Waals surface area contributed by atoms with Gasteiger partial charge in [0, 0.05) is 13.0 Å². The quantitative estimate of drug-likeness (QED) is 0.792. The lowest BCUT2D eigenvalue weighted by Gasteiger charge is -2.06. The molecule has 1 aromatic heterocycles. The van der Waals surface area contributed by atoms with Crippen LogP contribution in [0.3, 0.4) is 0 Å². The molecule has 0 radical (unpaired) electrons. The Bertz CT molecular complexity index is 607. The minimum absolute atomic E-state index is 0.234. The van der Waals surface area contributed by atoms with Crippen molar-refractivity contribution in [3.05, 3.63) is 35.7 Å². The van der Waals surface area contributed by atoms with Crippen molar-refractivity contribution in [2.75, 3.05) is 6.54 Å². The number of aromatic nitrogens is 4. The Kier molecular flexibility index (Phi) is 4.23. The van der Waals surface area contributed by atoms with Crippen LogP contribution in [-0.4, -0.2) is 35.6 Å². The maximum Gasteiger partial charge on any atom is 0.240 e. The molecule has 0 atom stereocenters. The van der Waals surface area contributed by atoms with Crippen LogP contribution in [-0.2, 0) is 22.9 Å². The zero-order valence-corrected chi connectivity index (χ0v) is 11.3. The van der Waals surface area contributed by atoms with E-state index in [-0.39, 0.29) is 11.4 Å². The Morgan fingerprint density at radius 1 is 1.26 bits per heavy atom. The largest absolute Gasteiger partial charge is 0.240 e. The Morgan fingerprint density at radius 2 is 2.00 bits per heavy atom. The third-order valence-electron chi connectivity index (χ3n) is 2.67. The average Bonchev–Trinajstić information content (AvgIpc) is 2.92. The van der Waals surface area contributed by atoms with Crippen LogP contribution in [0.5, 0.6) is 0 Å². The number of aryl methyl sites for hydroxylation is 1. The predicted octanol–water partition coefficient (Wildman–Crippen LogP) is 0.283. The van der Waals surface area contributed by atoms with Crippen LogP contribution in [0.15, 0.2) is 29.2 Å². The van der Waals surface area contributed by atoms with E-state index in [9.17, 15) is 8.42 Å². The maximum absolute atomic E-state index is 12.0. The zero-order valence-electron chi connectivity index (χ0n) is 10.5. The summed E-state index contributed by atoms with van der Waals surface area (Å²) in [5.74, 6) is 0.476. The van der Waals surface area contributed by atoms with Crippen LogP contribution in [0.1, 0.15) is 18.3 Å². The fourth-order valence-corrected chi connectivity index (χ4v) is 2.61. The maximum atomic E-state index is 12.0. The fraction of sp³-hybridized carbons (Fsp3) is 0.364. The highest BCUT2D eigenvalue weighted by Crippen LogP contribution is 2.10. The molecule has 0 saturated carbocycles. The minimum atomic E-state index is -3.47. The molecule has 1 heterocycles. The molecule has 0 spiro atoms. The molecule has 102 valence electrons. The first-order chi connectivity index (χ1) is 9.12. The summed E-state index contributed by atoms with van der Waals surface area (Å²) in [5, 5.41) is 13.2. The summed E-state index contributed by atoms with van der Waals surface area (Å²) in [6.45, 7) is 2.25. The summed E-state index contributed by atoms with van der Waals surface area (Å²) >= 11 is 0. The Balaban J connectivity index is 1.97. The van der Waals surface area contributed by atoms with Gasteiger partial charge in [0.15, 0.2) is 5.82 Å². The molecule has 19 heavy (non-hydrogen) atoms. The number of benzene rings is 1. The Labute approximate surface area is 111 Å². The minimum Gasteiger partial charge on any atom is -0.211 e. The smallest absolute Gasteiger partial charge is 0.211 e. The molecule has 0 unspecified atom stereocenters. The van der Waals surface area contributed by atoms with E-state index < -0.39 is 10.0 Å². The molecule has 0 aliphatic heterocycles. The standard InChI is InChI=1S/C11H15N5O2S/c1-2-9-3-5-10(6-4-9)19(17,18)12-8-7-11-13-15-16-14-11/h3-6,12H,2,7-8H2,1H3,(H,13,14,15,16). The molecule has 1 aromatic carbocycles. The first-order valence-corrected chi connectivity index (χ1v) is 7.41. The van der Waals surface area contributed by atoms with Gasteiger partial charge in [-0.2, -0.15) is 5.21 Å². The normalized spacial score (nSPS) is 11.6. The zero-order chi connectivity index (χ0) is 13.7. The van der Waals surface area contributed by atoms with Crippen molar-refractivity contribution in [1.82, 2.24) is 25.3 Å². The highest BCUT2D eigenvalue weighted by Gasteiger charge is 2.13. The van der Waals surface area contributed by atoms with Crippen LogP contribution in [0.2, 0.25) is 0 Å². The number of H-pyrrole nitrogens is 1. The molecule has 0 saturated heterocycles. The highest BCUT2D eigenvalue weighted by molar-refractivity contribution is 7.89. The molecule has 0 aliphatic rings. The molecule has 0 aliphatic carbocycles. The molecule has 8 heteroatoms. The van der Waals surface area contributed by atoms with E-state index in [0.717, 1.165) is 12.0 Å². The van der Waals surface area contributed by atoms with Crippen molar-refractivity contribution in [2.24, 2.45) is 0 Å². The summed E-state index contributed by atoms with van der Waals surface area (Å²) in [5.41, 5.74) is 1.10. The fourth-order valence-electron chi connectivity index (χ4n) is 1.57. The SMILES string of the molecule is CCc1ccc(S(=O)(=O)NCCc2nn[nH]n2)cc1. The number of aromatic amines is 1. The monoisotopic (exact) mass is 281 g/mol. The van der Waals surface area contributed by atoms with E-state index in [0.29, 0.717) is 12.2 Å². The molecule has 0 amide bonds. The number of sulfonamides is 1. The third kappa shape index (κ3) is 3.58. The second kappa shape index (κ2) is 5.89. The summed E-state index contributed by atoms with van der Waals surface area (Å²) < 4.78 is 26.5. The molecule has 2 aromatic rings. The lowest BCUT2D eigenvalue weighted by atomic mass is 10.2. The topological polar surface area (TPSA) is 101 Å². The predicted molar refractivity (Wildman–Crippen MR) is 68.9 cm³/mol. The van der Waals surface area contributed by atoms with E-state index in [1.54, 1.807) is 12.1 Å². The number of nitrogens with zero attached hydrogens (tertiary/aromatic N) is 3. The van der Waals surface area contributed by atoms with Gasteiger partial charge < -0.3 is 0 Å². The first-order valence-electron chi connectivity index (χ1n) is 5.93. The van der Waals surface area contributed by atoms with Gasteiger partial charge in [-0.15, -0.1) is 10.2 Å². The van der Waals surface area contributed by atoms with Gasteiger partial charge in [-0.1, -0.05) is 24.3 Å².